The van der Waals surface area contributed by atoms with E-state index in [0.29, 0.717) is 12.8 Å². The summed E-state index contributed by atoms with van der Waals surface area (Å²) in [5, 5.41) is 11.6. The van der Waals surface area contributed by atoms with Crippen LogP contribution in [0.2, 0.25) is 0 Å². The Morgan fingerprint density at radius 1 is 1.31 bits per heavy atom. The minimum Gasteiger partial charge on any atom is -0.368 e. The topological polar surface area (TPSA) is 96.0 Å². The van der Waals surface area contributed by atoms with Gasteiger partial charge < -0.3 is 11.1 Å². The first-order chi connectivity index (χ1) is 7.52. The van der Waals surface area contributed by atoms with Crippen LogP contribution in [0.4, 0.5) is 0 Å². The lowest BCUT2D eigenvalue weighted by molar-refractivity contribution is -0.131. The summed E-state index contributed by atoms with van der Waals surface area (Å²) >= 11 is 0. The van der Waals surface area contributed by atoms with Crippen LogP contribution in [0, 0.1) is 16.7 Å². The van der Waals surface area contributed by atoms with Crippen LogP contribution in [0.3, 0.4) is 0 Å². The molecule has 0 aromatic heterocycles. The van der Waals surface area contributed by atoms with Gasteiger partial charge in [-0.2, -0.15) is 5.26 Å². The lowest BCUT2D eigenvalue weighted by atomic mass is 9.80. The second-order valence-electron chi connectivity index (χ2n) is 3.84. The quantitative estimate of drug-likeness (QED) is 0.667. The molecular weight excluding hydrogens is 206 g/mol. The molecule has 90 valence electrons. The standard InChI is InChI=1S/C11H19N3O2/c1-3-5-11(8-12,6-4-2)10(16)14-7-9(13)15/h3-7H2,1-2H3,(H2,13,15)(H,14,16). The van der Waals surface area contributed by atoms with Gasteiger partial charge >= 0.3 is 0 Å². The van der Waals surface area contributed by atoms with Crippen molar-refractivity contribution in [3.8, 4) is 6.07 Å². The largest absolute Gasteiger partial charge is 0.368 e. The highest BCUT2D eigenvalue weighted by atomic mass is 16.2. The Bertz CT molecular complexity index is 288. The van der Waals surface area contributed by atoms with Crippen LogP contribution in [0.15, 0.2) is 0 Å². The van der Waals surface area contributed by atoms with Gasteiger partial charge in [0, 0.05) is 0 Å². The highest BCUT2D eigenvalue weighted by Gasteiger charge is 2.36. The van der Waals surface area contributed by atoms with Crippen LogP contribution in [0.1, 0.15) is 39.5 Å². The summed E-state index contributed by atoms with van der Waals surface area (Å²) in [5.74, 6) is -0.995. The van der Waals surface area contributed by atoms with E-state index in [0.717, 1.165) is 12.8 Å². The van der Waals surface area contributed by atoms with Crippen molar-refractivity contribution >= 4 is 11.8 Å². The van der Waals surface area contributed by atoms with Crippen molar-refractivity contribution in [1.29, 1.82) is 5.26 Å². The van der Waals surface area contributed by atoms with E-state index >= 15 is 0 Å². The van der Waals surface area contributed by atoms with Gasteiger partial charge in [0.2, 0.25) is 11.8 Å². The summed E-state index contributed by atoms with van der Waals surface area (Å²) in [7, 11) is 0. The Labute approximate surface area is 96.0 Å². The van der Waals surface area contributed by atoms with Crippen LogP contribution in [-0.2, 0) is 9.59 Å². The molecule has 5 nitrogen and oxygen atoms in total. The highest BCUT2D eigenvalue weighted by molar-refractivity contribution is 5.89. The van der Waals surface area contributed by atoms with Crippen LogP contribution in [0.5, 0.6) is 0 Å². The molecular formula is C11H19N3O2. The number of hydrogen-bond acceptors (Lipinski definition) is 3. The molecule has 2 amide bonds. The van der Waals surface area contributed by atoms with Crippen LogP contribution in [-0.4, -0.2) is 18.4 Å². The summed E-state index contributed by atoms with van der Waals surface area (Å²) < 4.78 is 0. The Hall–Kier alpha value is -1.57. The van der Waals surface area contributed by atoms with Crippen molar-refractivity contribution < 1.29 is 9.59 Å². The molecule has 0 aliphatic rings. The predicted octanol–water partition coefficient (Wildman–Crippen LogP) is 0.698. The van der Waals surface area contributed by atoms with Gasteiger partial charge in [0.1, 0.15) is 5.41 Å². The fraction of sp³-hybridized carbons (Fsp3) is 0.727. The molecule has 0 aliphatic carbocycles. The monoisotopic (exact) mass is 225 g/mol. The number of carbonyl (C=O) groups is 2. The molecule has 0 spiro atoms. The molecule has 0 radical (unpaired) electrons. The maximum absolute atomic E-state index is 11.8. The predicted molar refractivity (Wildman–Crippen MR) is 60.1 cm³/mol. The molecule has 0 saturated carbocycles. The molecule has 0 aromatic rings. The summed E-state index contributed by atoms with van der Waals surface area (Å²) in [6.45, 7) is 3.63. The zero-order valence-corrected chi connectivity index (χ0v) is 9.88. The van der Waals surface area contributed by atoms with Gasteiger partial charge in [-0.1, -0.05) is 26.7 Å². The molecule has 0 heterocycles. The molecule has 0 rings (SSSR count). The van der Waals surface area contributed by atoms with Gasteiger partial charge in [-0.3, -0.25) is 9.59 Å². The number of primary amides is 1. The average Bonchev–Trinajstić information content (AvgIpc) is 2.25. The van der Waals surface area contributed by atoms with E-state index in [-0.39, 0.29) is 6.54 Å². The van der Waals surface area contributed by atoms with Gasteiger partial charge in [-0.15, -0.1) is 0 Å². The molecule has 0 bridgehead atoms. The third kappa shape index (κ3) is 3.89. The molecule has 3 N–H and O–H groups in total. The SMILES string of the molecule is CCCC(C#N)(CCC)C(=O)NCC(N)=O. The number of hydrogen-bond donors (Lipinski definition) is 2. The highest BCUT2D eigenvalue weighted by Crippen LogP contribution is 2.29. The number of nitrogens with zero attached hydrogens (tertiary/aromatic N) is 1. The van der Waals surface area contributed by atoms with E-state index in [9.17, 15) is 9.59 Å². The van der Waals surface area contributed by atoms with Gasteiger partial charge in [0.05, 0.1) is 12.6 Å². The fourth-order valence-corrected chi connectivity index (χ4v) is 1.70. The average molecular weight is 225 g/mol. The van der Waals surface area contributed by atoms with Crippen molar-refractivity contribution in [3.05, 3.63) is 0 Å². The molecule has 0 aromatic carbocycles. The Balaban J connectivity index is 4.67. The van der Waals surface area contributed by atoms with Gasteiger partial charge in [0.15, 0.2) is 0 Å². The normalized spacial score (nSPS) is 10.6. The van der Waals surface area contributed by atoms with E-state index < -0.39 is 17.2 Å². The van der Waals surface area contributed by atoms with Gasteiger partial charge in [0.25, 0.3) is 0 Å². The van der Waals surface area contributed by atoms with E-state index in [1.165, 1.54) is 0 Å². The molecule has 0 atom stereocenters. The maximum Gasteiger partial charge on any atom is 0.240 e. The minimum atomic E-state index is -1.01. The molecule has 0 unspecified atom stereocenters. The second-order valence-corrected chi connectivity index (χ2v) is 3.84. The Morgan fingerprint density at radius 3 is 2.12 bits per heavy atom. The third-order valence-corrected chi connectivity index (χ3v) is 2.43. The van der Waals surface area contributed by atoms with E-state index in [1.807, 2.05) is 13.8 Å². The molecule has 0 aliphatic heterocycles. The summed E-state index contributed by atoms with van der Waals surface area (Å²) in [5.41, 5.74) is 3.92. The zero-order valence-electron chi connectivity index (χ0n) is 9.88. The van der Waals surface area contributed by atoms with Gasteiger partial charge in [-0.05, 0) is 12.8 Å². The van der Waals surface area contributed by atoms with Crippen LogP contribution >= 0.6 is 0 Å². The van der Waals surface area contributed by atoms with Crippen LogP contribution < -0.4 is 11.1 Å². The van der Waals surface area contributed by atoms with Crippen molar-refractivity contribution in [2.45, 2.75) is 39.5 Å². The first kappa shape index (κ1) is 14.4. The van der Waals surface area contributed by atoms with Crippen molar-refractivity contribution in [2.75, 3.05) is 6.54 Å². The number of nitrogens with one attached hydrogen (secondary N) is 1. The zero-order chi connectivity index (χ0) is 12.6. The number of carbonyl (C=O) groups excluding carboxylic acids is 2. The minimum absolute atomic E-state index is 0.213. The smallest absolute Gasteiger partial charge is 0.240 e. The fourth-order valence-electron chi connectivity index (χ4n) is 1.70. The number of amides is 2. The van der Waals surface area contributed by atoms with E-state index in [2.05, 4.69) is 11.4 Å². The summed E-state index contributed by atoms with van der Waals surface area (Å²) in [4.78, 5) is 22.4. The van der Waals surface area contributed by atoms with Gasteiger partial charge in [-0.25, -0.2) is 0 Å². The molecule has 5 heteroatoms. The Kier molecular flexibility index (Phi) is 6.16. The number of rotatable bonds is 7. The second kappa shape index (κ2) is 6.83. The number of nitriles is 1. The van der Waals surface area contributed by atoms with E-state index in [1.54, 1.807) is 0 Å². The number of nitrogens with two attached hydrogens (primary N) is 1. The van der Waals surface area contributed by atoms with E-state index in [4.69, 9.17) is 11.0 Å². The lowest BCUT2D eigenvalue weighted by Crippen LogP contribution is -2.43. The summed E-state index contributed by atoms with van der Waals surface area (Å²) in [6, 6.07) is 2.08. The van der Waals surface area contributed by atoms with Crippen LogP contribution in [0.25, 0.3) is 0 Å². The maximum atomic E-state index is 11.8. The molecule has 16 heavy (non-hydrogen) atoms. The molecule has 0 fully saturated rings. The third-order valence-electron chi connectivity index (χ3n) is 2.43. The van der Waals surface area contributed by atoms with Crippen molar-refractivity contribution in [3.63, 3.8) is 0 Å². The first-order valence-electron chi connectivity index (χ1n) is 5.50. The van der Waals surface area contributed by atoms with Crippen molar-refractivity contribution in [1.82, 2.24) is 5.32 Å². The first-order valence-corrected chi connectivity index (χ1v) is 5.50. The summed E-state index contributed by atoms with van der Waals surface area (Å²) in [6.07, 6.45) is 2.50. The lowest BCUT2D eigenvalue weighted by Gasteiger charge is -2.24. The molecule has 0 saturated heterocycles. The Morgan fingerprint density at radius 2 is 1.81 bits per heavy atom. The van der Waals surface area contributed by atoms with Crippen molar-refractivity contribution in [2.24, 2.45) is 11.1 Å².